The Bertz CT molecular complexity index is 1760. The van der Waals surface area contributed by atoms with E-state index in [1.165, 1.54) is 16.7 Å². The summed E-state index contributed by atoms with van der Waals surface area (Å²) in [6.07, 6.45) is -5.00. The lowest BCUT2D eigenvalue weighted by molar-refractivity contribution is -0.245. The minimum atomic E-state index is -5.24. The molecule has 1 aliphatic carbocycles. The van der Waals surface area contributed by atoms with Gasteiger partial charge in [-0.15, -0.1) is 0 Å². The second-order valence-electron chi connectivity index (χ2n) is 10.9. The largest absolute Gasteiger partial charge is 0.458 e. The smallest absolute Gasteiger partial charge is 0.426 e. The lowest BCUT2D eigenvalue weighted by atomic mass is 9.81. The molecule has 4 heterocycles. The number of carbonyl (C=O) groups excluding carboxylic acids is 2. The fourth-order valence-corrected chi connectivity index (χ4v) is 6.13. The number of esters is 1. The van der Waals surface area contributed by atoms with Crippen LogP contribution in [0.4, 0.5) is 17.6 Å². The number of hydrogen-bond donors (Lipinski definition) is 3. The number of nitrogens with one attached hydrogen (secondary N) is 1. The van der Waals surface area contributed by atoms with Crippen molar-refractivity contribution in [1.29, 1.82) is 0 Å². The highest BCUT2D eigenvalue weighted by atomic mass is 19.4. The standard InChI is InChI=1S/C28H25F4N3O6/c1-4-27(40)15-7-19-22-13(9-35(19)23(36)14(15)10-41-25(27)38)21-17(34-24(37)26(3,39)28(30,31)32)6-5-12-11(2)16(29)8-18(33-22)20(12)21/h7-8,17,39-40H,4-6,9-10H2,1-3H3,(H,34,37)/t17-,26-,27-/m0/s1. The topological polar surface area (TPSA) is 131 Å². The molecule has 2 aliphatic heterocycles. The van der Waals surface area contributed by atoms with Gasteiger partial charge in [0.25, 0.3) is 11.5 Å². The zero-order chi connectivity index (χ0) is 29.8. The first-order valence-corrected chi connectivity index (χ1v) is 13.0. The van der Waals surface area contributed by atoms with Crippen molar-refractivity contribution in [3.05, 3.63) is 61.7 Å². The van der Waals surface area contributed by atoms with Gasteiger partial charge in [-0.25, -0.2) is 14.2 Å². The quantitative estimate of drug-likeness (QED) is 0.253. The molecule has 0 fully saturated rings. The average molecular weight is 576 g/mol. The monoisotopic (exact) mass is 575 g/mol. The molecule has 3 aromatic rings. The molecule has 6 rings (SSSR count). The number of fused-ring (bicyclic) bond motifs is 5. The van der Waals surface area contributed by atoms with Gasteiger partial charge in [0.2, 0.25) is 5.60 Å². The van der Waals surface area contributed by atoms with Gasteiger partial charge in [-0.3, -0.25) is 9.59 Å². The Kier molecular flexibility index (Phi) is 5.72. The molecule has 3 aliphatic rings. The molecule has 0 unspecified atom stereocenters. The summed E-state index contributed by atoms with van der Waals surface area (Å²) in [5, 5.41) is 23.9. The van der Waals surface area contributed by atoms with E-state index in [0.29, 0.717) is 34.6 Å². The van der Waals surface area contributed by atoms with Gasteiger partial charge in [0.05, 0.1) is 35.1 Å². The maximum Gasteiger partial charge on any atom is 0.426 e. The van der Waals surface area contributed by atoms with Crippen LogP contribution < -0.4 is 10.9 Å². The zero-order valence-electron chi connectivity index (χ0n) is 22.2. The summed E-state index contributed by atoms with van der Waals surface area (Å²) in [6, 6.07) is 1.63. The van der Waals surface area contributed by atoms with Crippen LogP contribution in [0.1, 0.15) is 66.1 Å². The van der Waals surface area contributed by atoms with Crippen LogP contribution in [-0.2, 0) is 39.5 Å². The van der Waals surface area contributed by atoms with Crippen LogP contribution in [0, 0.1) is 12.7 Å². The van der Waals surface area contributed by atoms with Crippen molar-refractivity contribution < 1.29 is 42.1 Å². The van der Waals surface area contributed by atoms with Gasteiger partial charge < -0.3 is 24.8 Å². The Balaban J connectivity index is 1.60. The van der Waals surface area contributed by atoms with Gasteiger partial charge in [0, 0.05) is 22.6 Å². The van der Waals surface area contributed by atoms with Crippen molar-refractivity contribution in [3.8, 4) is 11.4 Å². The highest BCUT2D eigenvalue weighted by molar-refractivity contribution is 5.94. The van der Waals surface area contributed by atoms with Gasteiger partial charge >= 0.3 is 12.1 Å². The molecule has 216 valence electrons. The number of carbonyl (C=O) groups is 2. The lowest BCUT2D eigenvalue weighted by Gasteiger charge is -2.32. The van der Waals surface area contributed by atoms with Crippen LogP contribution in [0.3, 0.4) is 0 Å². The van der Waals surface area contributed by atoms with Gasteiger partial charge in [0.15, 0.2) is 5.60 Å². The van der Waals surface area contributed by atoms with Gasteiger partial charge in [-0.2, -0.15) is 13.2 Å². The third-order valence-corrected chi connectivity index (χ3v) is 8.68. The number of aromatic nitrogens is 2. The molecule has 2 aromatic heterocycles. The van der Waals surface area contributed by atoms with Crippen molar-refractivity contribution in [2.24, 2.45) is 0 Å². The number of alkyl halides is 3. The van der Waals surface area contributed by atoms with Crippen molar-refractivity contribution in [2.75, 3.05) is 0 Å². The first-order valence-electron chi connectivity index (χ1n) is 13.0. The molecule has 1 aromatic carbocycles. The number of benzene rings is 1. The van der Waals surface area contributed by atoms with Gasteiger partial charge in [-0.05, 0) is 55.9 Å². The van der Waals surface area contributed by atoms with E-state index in [9.17, 15) is 42.2 Å². The fraction of sp³-hybridized carbons (Fsp3) is 0.429. The summed E-state index contributed by atoms with van der Waals surface area (Å²) in [5.74, 6) is -3.10. The molecule has 41 heavy (non-hydrogen) atoms. The number of amides is 1. The van der Waals surface area contributed by atoms with E-state index < -0.39 is 46.7 Å². The van der Waals surface area contributed by atoms with E-state index in [-0.39, 0.29) is 60.4 Å². The summed E-state index contributed by atoms with van der Waals surface area (Å²) in [4.78, 5) is 43.5. The number of rotatable bonds is 3. The van der Waals surface area contributed by atoms with Crippen molar-refractivity contribution in [3.63, 3.8) is 0 Å². The van der Waals surface area contributed by atoms with Crippen LogP contribution in [0.5, 0.6) is 0 Å². The Hall–Kier alpha value is -3.84. The zero-order valence-corrected chi connectivity index (χ0v) is 22.2. The summed E-state index contributed by atoms with van der Waals surface area (Å²) in [6.45, 7) is 3.06. The number of nitrogens with zero attached hydrogens (tertiary/aromatic N) is 2. The van der Waals surface area contributed by atoms with Crippen LogP contribution in [0.15, 0.2) is 16.9 Å². The Morgan fingerprint density at radius 1 is 1.24 bits per heavy atom. The minimum Gasteiger partial charge on any atom is -0.458 e. The van der Waals surface area contributed by atoms with E-state index in [2.05, 4.69) is 10.3 Å². The Labute approximate surface area is 229 Å². The number of pyridine rings is 2. The predicted molar refractivity (Wildman–Crippen MR) is 135 cm³/mol. The molecule has 0 saturated heterocycles. The molecule has 3 atom stereocenters. The summed E-state index contributed by atoms with van der Waals surface area (Å²) >= 11 is 0. The highest BCUT2D eigenvalue weighted by Crippen LogP contribution is 2.46. The molecule has 13 heteroatoms. The lowest BCUT2D eigenvalue weighted by Crippen LogP contribution is -2.55. The fourth-order valence-electron chi connectivity index (χ4n) is 6.13. The van der Waals surface area contributed by atoms with Gasteiger partial charge in [-0.1, -0.05) is 6.92 Å². The Morgan fingerprint density at radius 3 is 2.61 bits per heavy atom. The second-order valence-corrected chi connectivity index (χ2v) is 10.9. The molecule has 0 radical (unpaired) electrons. The molecule has 0 spiro atoms. The number of aliphatic hydroxyl groups is 2. The maximum absolute atomic E-state index is 15.0. The summed E-state index contributed by atoms with van der Waals surface area (Å²) < 4.78 is 61.8. The van der Waals surface area contributed by atoms with Crippen LogP contribution >= 0.6 is 0 Å². The second kappa shape index (κ2) is 8.58. The third-order valence-electron chi connectivity index (χ3n) is 8.68. The molecular weight excluding hydrogens is 550 g/mol. The van der Waals surface area contributed by atoms with E-state index >= 15 is 0 Å². The average Bonchev–Trinajstić information content (AvgIpc) is 3.28. The highest BCUT2D eigenvalue weighted by Gasteiger charge is 2.56. The van der Waals surface area contributed by atoms with E-state index in [1.54, 1.807) is 13.8 Å². The SMILES string of the molecule is CC[C@@]1(O)C(=O)OCc2c1cc1n(c2=O)Cc2c-1nc1cc(F)c(C)c3c1c2[C@@H](NC(=O)[C@](C)(O)C(F)(F)F)CC3. The van der Waals surface area contributed by atoms with Gasteiger partial charge in [0.1, 0.15) is 12.4 Å². The molecular formula is C28H25F4N3O6. The van der Waals surface area contributed by atoms with E-state index in [1.807, 2.05) is 0 Å². The first kappa shape index (κ1) is 27.3. The van der Waals surface area contributed by atoms with E-state index in [0.717, 1.165) is 0 Å². The van der Waals surface area contributed by atoms with Crippen molar-refractivity contribution in [1.82, 2.24) is 14.9 Å². The minimum absolute atomic E-state index is 0.0674. The maximum atomic E-state index is 15.0. The normalized spacial score (nSPS) is 22.5. The number of halogens is 4. The molecule has 0 saturated carbocycles. The molecule has 9 nitrogen and oxygen atoms in total. The van der Waals surface area contributed by atoms with Crippen LogP contribution in [0.2, 0.25) is 0 Å². The number of hydrogen-bond acceptors (Lipinski definition) is 7. The Morgan fingerprint density at radius 2 is 1.95 bits per heavy atom. The molecule has 0 bridgehead atoms. The molecule has 1 amide bonds. The number of aryl methyl sites for hydroxylation is 1. The number of ether oxygens (including phenoxy) is 1. The predicted octanol–water partition coefficient (Wildman–Crippen LogP) is 2.94. The first-order chi connectivity index (χ1) is 19.1. The summed E-state index contributed by atoms with van der Waals surface area (Å²) in [5.41, 5.74) is -3.83. The van der Waals surface area contributed by atoms with Crippen LogP contribution in [-0.4, -0.2) is 43.4 Å². The third kappa shape index (κ3) is 3.61. The van der Waals surface area contributed by atoms with Crippen LogP contribution in [0.25, 0.3) is 22.3 Å². The van der Waals surface area contributed by atoms with Crippen molar-refractivity contribution in [2.45, 2.75) is 76.6 Å². The summed E-state index contributed by atoms with van der Waals surface area (Å²) in [7, 11) is 0. The van der Waals surface area contributed by atoms with E-state index in [4.69, 9.17) is 4.74 Å². The van der Waals surface area contributed by atoms with Crippen molar-refractivity contribution >= 4 is 22.8 Å². The molecule has 3 N–H and O–H groups in total. The number of cyclic esters (lactones) is 1.